The molecule has 0 spiro atoms. The number of hydrogen-bond acceptors (Lipinski definition) is 6. The quantitative estimate of drug-likeness (QED) is 0.782. The molecule has 0 unspecified atom stereocenters. The molecule has 1 aromatic carbocycles. The molecule has 2 aromatic rings. The molecule has 3 heterocycles. The standard InChI is InChI=1S/C20H27N5O2S/c1-16-5-6-17(2)18(15-16)28(26,27)25-13-11-23(12-14-25)19-7-8-21-20(22-19)24-9-3-4-10-24/h5-8,15H,3-4,9-14H2,1-2H3. The molecule has 7 nitrogen and oxygen atoms in total. The number of hydrogen-bond donors (Lipinski definition) is 0. The highest BCUT2D eigenvalue weighted by Crippen LogP contribution is 2.24. The van der Waals surface area contributed by atoms with E-state index >= 15 is 0 Å². The lowest BCUT2D eigenvalue weighted by atomic mass is 10.2. The lowest BCUT2D eigenvalue weighted by Gasteiger charge is -2.35. The summed E-state index contributed by atoms with van der Waals surface area (Å²) in [6.07, 6.45) is 4.17. The van der Waals surface area contributed by atoms with Crippen molar-refractivity contribution in [2.45, 2.75) is 31.6 Å². The Bertz CT molecular complexity index is 949. The van der Waals surface area contributed by atoms with Crippen molar-refractivity contribution in [3.8, 4) is 0 Å². The summed E-state index contributed by atoms with van der Waals surface area (Å²) in [6, 6.07) is 7.50. The van der Waals surface area contributed by atoms with Gasteiger partial charge in [0, 0.05) is 45.5 Å². The first-order valence-corrected chi connectivity index (χ1v) is 11.3. The van der Waals surface area contributed by atoms with Gasteiger partial charge in [-0.15, -0.1) is 0 Å². The van der Waals surface area contributed by atoms with Crippen molar-refractivity contribution in [3.05, 3.63) is 41.6 Å². The second-order valence-corrected chi connectivity index (χ2v) is 9.48. The van der Waals surface area contributed by atoms with Crippen molar-refractivity contribution in [1.29, 1.82) is 0 Å². The van der Waals surface area contributed by atoms with Crippen LogP contribution in [0, 0.1) is 13.8 Å². The third kappa shape index (κ3) is 3.71. The largest absolute Gasteiger partial charge is 0.354 e. The third-order valence-corrected chi connectivity index (χ3v) is 7.58. The lowest BCUT2D eigenvalue weighted by Crippen LogP contribution is -2.49. The van der Waals surface area contributed by atoms with Gasteiger partial charge in [-0.25, -0.2) is 13.4 Å². The summed E-state index contributed by atoms with van der Waals surface area (Å²) in [6.45, 7) is 7.95. The molecule has 150 valence electrons. The number of benzene rings is 1. The molecule has 28 heavy (non-hydrogen) atoms. The number of aryl methyl sites for hydroxylation is 2. The summed E-state index contributed by atoms with van der Waals surface area (Å²) < 4.78 is 27.8. The van der Waals surface area contributed by atoms with Gasteiger partial charge >= 0.3 is 0 Å². The van der Waals surface area contributed by atoms with Gasteiger partial charge in [0.2, 0.25) is 16.0 Å². The van der Waals surface area contributed by atoms with Crippen LogP contribution in [0.25, 0.3) is 0 Å². The summed E-state index contributed by atoms with van der Waals surface area (Å²) in [7, 11) is -3.48. The minimum Gasteiger partial charge on any atom is -0.354 e. The predicted molar refractivity (Wildman–Crippen MR) is 110 cm³/mol. The van der Waals surface area contributed by atoms with Gasteiger partial charge in [-0.2, -0.15) is 9.29 Å². The Morgan fingerprint density at radius 2 is 1.61 bits per heavy atom. The fraction of sp³-hybridized carbons (Fsp3) is 0.500. The number of aromatic nitrogens is 2. The van der Waals surface area contributed by atoms with E-state index in [9.17, 15) is 8.42 Å². The maximum atomic E-state index is 13.1. The van der Waals surface area contributed by atoms with E-state index in [1.54, 1.807) is 16.6 Å². The van der Waals surface area contributed by atoms with Crippen LogP contribution in [0.1, 0.15) is 24.0 Å². The van der Waals surface area contributed by atoms with Gasteiger partial charge in [0.1, 0.15) is 5.82 Å². The van der Waals surface area contributed by atoms with Gasteiger partial charge in [0.05, 0.1) is 4.90 Å². The van der Waals surface area contributed by atoms with Crippen LogP contribution in [0.2, 0.25) is 0 Å². The Morgan fingerprint density at radius 3 is 2.32 bits per heavy atom. The molecule has 2 aliphatic rings. The number of anilines is 2. The van der Waals surface area contributed by atoms with Crippen LogP contribution in [-0.2, 0) is 10.0 Å². The van der Waals surface area contributed by atoms with Crippen LogP contribution in [-0.4, -0.2) is 62.0 Å². The Balaban J connectivity index is 1.47. The van der Waals surface area contributed by atoms with E-state index in [1.165, 1.54) is 12.8 Å². The van der Waals surface area contributed by atoms with E-state index in [2.05, 4.69) is 14.8 Å². The van der Waals surface area contributed by atoms with E-state index < -0.39 is 10.0 Å². The van der Waals surface area contributed by atoms with Crippen LogP contribution in [0.3, 0.4) is 0 Å². The van der Waals surface area contributed by atoms with Gasteiger partial charge < -0.3 is 9.80 Å². The smallest absolute Gasteiger partial charge is 0.243 e. The van der Waals surface area contributed by atoms with E-state index in [1.807, 2.05) is 32.0 Å². The first-order valence-electron chi connectivity index (χ1n) is 9.85. The molecule has 0 saturated carbocycles. The summed E-state index contributed by atoms with van der Waals surface area (Å²) >= 11 is 0. The maximum absolute atomic E-state index is 13.1. The van der Waals surface area contributed by atoms with Gasteiger partial charge in [-0.3, -0.25) is 0 Å². The molecular formula is C20H27N5O2S. The highest BCUT2D eigenvalue weighted by Gasteiger charge is 2.30. The minimum absolute atomic E-state index is 0.416. The molecular weight excluding hydrogens is 374 g/mol. The zero-order chi connectivity index (χ0) is 19.7. The molecule has 2 saturated heterocycles. The van der Waals surface area contributed by atoms with Crippen LogP contribution < -0.4 is 9.80 Å². The zero-order valence-electron chi connectivity index (χ0n) is 16.5. The molecule has 4 rings (SSSR count). The molecule has 0 amide bonds. The van der Waals surface area contributed by atoms with Gasteiger partial charge in [0.15, 0.2) is 0 Å². The monoisotopic (exact) mass is 401 g/mol. The average molecular weight is 402 g/mol. The molecule has 0 N–H and O–H groups in total. The van der Waals surface area contributed by atoms with Crippen molar-refractivity contribution in [1.82, 2.24) is 14.3 Å². The molecule has 1 aromatic heterocycles. The molecule has 0 radical (unpaired) electrons. The fourth-order valence-electron chi connectivity index (χ4n) is 3.87. The Labute approximate surface area is 167 Å². The number of piperazine rings is 1. The van der Waals surface area contributed by atoms with Gasteiger partial charge in [0.25, 0.3) is 0 Å². The lowest BCUT2D eigenvalue weighted by molar-refractivity contribution is 0.383. The predicted octanol–water partition coefficient (Wildman–Crippen LogP) is 2.20. The van der Waals surface area contributed by atoms with Crippen LogP contribution >= 0.6 is 0 Å². The van der Waals surface area contributed by atoms with Crippen LogP contribution in [0.5, 0.6) is 0 Å². The van der Waals surface area contributed by atoms with Gasteiger partial charge in [-0.1, -0.05) is 12.1 Å². The Morgan fingerprint density at radius 1 is 0.893 bits per heavy atom. The van der Waals surface area contributed by atoms with E-state index in [4.69, 9.17) is 4.98 Å². The van der Waals surface area contributed by atoms with Crippen LogP contribution in [0.4, 0.5) is 11.8 Å². The van der Waals surface area contributed by atoms with Crippen molar-refractivity contribution >= 4 is 21.8 Å². The van der Waals surface area contributed by atoms with E-state index in [-0.39, 0.29) is 0 Å². The highest BCUT2D eigenvalue weighted by atomic mass is 32.2. The number of rotatable bonds is 4. The highest BCUT2D eigenvalue weighted by molar-refractivity contribution is 7.89. The molecule has 2 fully saturated rings. The molecule has 0 atom stereocenters. The molecule has 8 heteroatoms. The van der Waals surface area contributed by atoms with E-state index in [0.29, 0.717) is 31.1 Å². The first kappa shape index (κ1) is 19.1. The van der Waals surface area contributed by atoms with Crippen molar-refractivity contribution < 1.29 is 8.42 Å². The minimum atomic E-state index is -3.48. The number of nitrogens with zero attached hydrogens (tertiary/aromatic N) is 5. The van der Waals surface area contributed by atoms with E-state index in [0.717, 1.165) is 36.0 Å². The number of sulfonamides is 1. The Hall–Kier alpha value is -2.19. The molecule has 0 aliphatic carbocycles. The SMILES string of the molecule is Cc1ccc(C)c(S(=O)(=O)N2CCN(c3ccnc(N4CCCC4)n3)CC2)c1. The molecule has 2 aliphatic heterocycles. The third-order valence-electron chi connectivity index (χ3n) is 5.54. The van der Waals surface area contributed by atoms with Crippen molar-refractivity contribution in [2.75, 3.05) is 49.1 Å². The Kier molecular flexibility index (Phi) is 5.25. The average Bonchev–Trinajstić information content (AvgIpc) is 3.25. The van der Waals surface area contributed by atoms with Gasteiger partial charge in [-0.05, 0) is 49.9 Å². The summed E-state index contributed by atoms with van der Waals surface area (Å²) in [5, 5.41) is 0. The van der Waals surface area contributed by atoms with Crippen LogP contribution in [0.15, 0.2) is 35.4 Å². The summed E-state index contributed by atoms with van der Waals surface area (Å²) in [5.74, 6) is 1.65. The van der Waals surface area contributed by atoms with Crippen molar-refractivity contribution in [2.24, 2.45) is 0 Å². The fourth-order valence-corrected chi connectivity index (χ4v) is 5.60. The van der Waals surface area contributed by atoms with Crippen molar-refractivity contribution in [3.63, 3.8) is 0 Å². The maximum Gasteiger partial charge on any atom is 0.243 e. The normalized spacial score (nSPS) is 18.6. The second kappa shape index (κ2) is 7.67. The summed E-state index contributed by atoms with van der Waals surface area (Å²) in [4.78, 5) is 13.9. The first-order chi connectivity index (χ1) is 13.4. The second-order valence-electron chi connectivity index (χ2n) is 7.57. The molecule has 0 bridgehead atoms. The topological polar surface area (TPSA) is 69.6 Å². The zero-order valence-corrected chi connectivity index (χ0v) is 17.3. The summed E-state index contributed by atoms with van der Waals surface area (Å²) in [5.41, 5.74) is 1.75.